The summed E-state index contributed by atoms with van der Waals surface area (Å²) < 4.78 is 31.7. The number of hydrogen-bond donors (Lipinski definition) is 1. The Bertz CT molecular complexity index is 1240. The molecule has 0 saturated heterocycles. The van der Waals surface area contributed by atoms with E-state index in [0.29, 0.717) is 16.5 Å². The highest BCUT2D eigenvalue weighted by molar-refractivity contribution is 7.92. The van der Waals surface area contributed by atoms with Gasteiger partial charge < -0.3 is 10.1 Å². The number of ether oxygens (including phenoxy) is 1. The van der Waals surface area contributed by atoms with Crippen LogP contribution in [0.3, 0.4) is 0 Å². The first-order valence-electron chi connectivity index (χ1n) is 10.9. The standard InChI is InChI=1S/C26H29ClN2O4S/c1-18(2)24-7-5-6-19(3)26(24)28-25(30)17-33-23-14-12-22(13-15-23)29(34(4,31)32)16-20-8-10-21(27)11-9-20/h5-15,18H,16-17H2,1-4H3,(H,28,30). The molecule has 0 aliphatic heterocycles. The molecule has 3 aromatic carbocycles. The Hall–Kier alpha value is -3.03. The number of nitrogens with one attached hydrogen (secondary N) is 1. The van der Waals surface area contributed by atoms with Crippen molar-refractivity contribution in [3.63, 3.8) is 0 Å². The van der Waals surface area contributed by atoms with E-state index >= 15 is 0 Å². The zero-order valence-corrected chi connectivity index (χ0v) is 21.3. The fourth-order valence-corrected chi connectivity index (χ4v) is 4.55. The minimum Gasteiger partial charge on any atom is -0.484 e. The van der Waals surface area contributed by atoms with Crippen LogP contribution < -0.4 is 14.4 Å². The Morgan fingerprint density at radius 3 is 2.26 bits per heavy atom. The Labute approximate surface area is 206 Å². The molecule has 3 rings (SSSR count). The van der Waals surface area contributed by atoms with Crippen LogP contribution in [0.5, 0.6) is 5.75 Å². The quantitative estimate of drug-likeness (QED) is 0.405. The lowest BCUT2D eigenvalue weighted by Crippen LogP contribution is -2.29. The number of rotatable bonds is 9. The van der Waals surface area contributed by atoms with Crippen LogP contribution in [0.15, 0.2) is 66.7 Å². The second-order valence-corrected chi connectivity index (χ2v) is 10.8. The summed E-state index contributed by atoms with van der Waals surface area (Å²) in [5.74, 6) is 0.475. The van der Waals surface area contributed by atoms with Gasteiger partial charge in [-0.15, -0.1) is 0 Å². The summed E-state index contributed by atoms with van der Waals surface area (Å²) in [7, 11) is -3.52. The number of carbonyl (C=O) groups is 1. The van der Waals surface area contributed by atoms with Gasteiger partial charge in [0, 0.05) is 10.7 Å². The summed E-state index contributed by atoms with van der Waals surface area (Å²) in [5.41, 5.74) is 4.18. The first-order valence-corrected chi connectivity index (χ1v) is 13.1. The number of hydrogen-bond acceptors (Lipinski definition) is 4. The third-order valence-electron chi connectivity index (χ3n) is 5.33. The molecule has 0 bridgehead atoms. The van der Waals surface area contributed by atoms with E-state index in [1.54, 1.807) is 48.5 Å². The number of sulfonamides is 1. The predicted molar refractivity (Wildman–Crippen MR) is 138 cm³/mol. The molecule has 0 fully saturated rings. The van der Waals surface area contributed by atoms with Crippen LogP contribution in [0, 0.1) is 6.92 Å². The predicted octanol–water partition coefficient (Wildman–Crippen LogP) is 5.76. The van der Waals surface area contributed by atoms with Crippen LogP contribution in [0.2, 0.25) is 5.02 Å². The third-order valence-corrected chi connectivity index (χ3v) is 6.72. The van der Waals surface area contributed by atoms with Crippen LogP contribution in [0.25, 0.3) is 0 Å². The van der Waals surface area contributed by atoms with Gasteiger partial charge in [0.2, 0.25) is 10.0 Å². The molecule has 0 atom stereocenters. The number of aryl methyl sites for hydroxylation is 1. The Morgan fingerprint density at radius 1 is 1.03 bits per heavy atom. The number of para-hydroxylation sites is 1. The molecule has 0 heterocycles. The van der Waals surface area contributed by atoms with Crippen LogP contribution >= 0.6 is 11.6 Å². The van der Waals surface area contributed by atoms with Crippen LogP contribution in [0.4, 0.5) is 11.4 Å². The summed E-state index contributed by atoms with van der Waals surface area (Å²) >= 11 is 5.92. The highest BCUT2D eigenvalue weighted by atomic mass is 35.5. The number of carbonyl (C=O) groups excluding carboxylic acids is 1. The molecule has 0 aliphatic rings. The maximum atomic E-state index is 12.5. The Morgan fingerprint density at radius 2 is 1.68 bits per heavy atom. The molecular formula is C26H29ClN2O4S. The number of anilines is 2. The van der Waals surface area contributed by atoms with Gasteiger partial charge in [-0.05, 0) is 65.9 Å². The molecular weight excluding hydrogens is 472 g/mol. The van der Waals surface area contributed by atoms with E-state index in [2.05, 4.69) is 19.2 Å². The van der Waals surface area contributed by atoms with Gasteiger partial charge in [-0.3, -0.25) is 9.10 Å². The molecule has 0 radical (unpaired) electrons. The first-order chi connectivity index (χ1) is 16.0. The zero-order valence-electron chi connectivity index (χ0n) is 19.7. The van der Waals surface area contributed by atoms with Crippen molar-refractivity contribution in [1.82, 2.24) is 0 Å². The molecule has 0 aliphatic carbocycles. The Kier molecular flexibility index (Phi) is 8.23. The normalized spacial score (nSPS) is 11.4. The highest BCUT2D eigenvalue weighted by Crippen LogP contribution is 2.28. The average Bonchev–Trinajstić information content (AvgIpc) is 2.78. The van der Waals surface area contributed by atoms with Crippen LogP contribution in [-0.2, 0) is 21.4 Å². The van der Waals surface area contributed by atoms with Gasteiger partial charge in [0.25, 0.3) is 5.91 Å². The van der Waals surface area contributed by atoms with Crippen LogP contribution in [0.1, 0.15) is 36.5 Å². The third kappa shape index (κ3) is 6.74. The largest absolute Gasteiger partial charge is 0.484 e. The molecule has 0 saturated carbocycles. The van der Waals surface area contributed by atoms with E-state index in [1.165, 1.54) is 4.31 Å². The highest BCUT2D eigenvalue weighted by Gasteiger charge is 2.18. The van der Waals surface area contributed by atoms with Gasteiger partial charge in [-0.1, -0.05) is 55.8 Å². The van der Waals surface area contributed by atoms with E-state index in [-0.39, 0.29) is 25.0 Å². The van der Waals surface area contributed by atoms with E-state index in [9.17, 15) is 13.2 Å². The molecule has 1 N–H and O–H groups in total. The van der Waals surface area contributed by atoms with Crippen molar-refractivity contribution in [2.75, 3.05) is 22.5 Å². The van der Waals surface area contributed by atoms with Crippen LogP contribution in [-0.4, -0.2) is 27.2 Å². The first kappa shape index (κ1) is 25.6. The Balaban J connectivity index is 1.67. The van der Waals surface area contributed by atoms with Crippen molar-refractivity contribution in [3.05, 3.63) is 88.4 Å². The van der Waals surface area contributed by atoms with Gasteiger partial charge in [0.05, 0.1) is 18.5 Å². The molecule has 6 nitrogen and oxygen atoms in total. The van der Waals surface area contributed by atoms with Crippen molar-refractivity contribution in [3.8, 4) is 5.75 Å². The monoisotopic (exact) mass is 500 g/mol. The molecule has 0 spiro atoms. The average molecular weight is 501 g/mol. The van der Waals surface area contributed by atoms with Crippen molar-refractivity contribution in [2.45, 2.75) is 33.2 Å². The summed E-state index contributed by atoms with van der Waals surface area (Å²) in [6, 6.07) is 19.6. The maximum absolute atomic E-state index is 12.5. The smallest absolute Gasteiger partial charge is 0.262 e. The lowest BCUT2D eigenvalue weighted by atomic mass is 9.98. The molecule has 0 aromatic heterocycles. The maximum Gasteiger partial charge on any atom is 0.262 e. The fourth-order valence-electron chi connectivity index (χ4n) is 3.53. The van der Waals surface area contributed by atoms with E-state index < -0.39 is 10.0 Å². The van der Waals surface area contributed by atoms with E-state index in [1.807, 2.05) is 25.1 Å². The topological polar surface area (TPSA) is 75.7 Å². The number of benzene rings is 3. The number of nitrogens with zero attached hydrogens (tertiary/aromatic N) is 1. The van der Waals surface area contributed by atoms with Crippen molar-refractivity contribution < 1.29 is 17.9 Å². The molecule has 1 amide bonds. The number of amides is 1. The van der Waals surface area contributed by atoms with Crippen molar-refractivity contribution in [2.24, 2.45) is 0 Å². The van der Waals surface area contributed by atoms with Gasteiger partial charge in [-0.25, -0.2) is 8.42 Å². The number of halogens is 1. The van der Waals surface area contributed by atoms with Crippen molar-refractivity contribution in [1.29, 1.82) is 0 Å². The molecule has 180 valence electrons. The second-order valence-electron chi connectivity index (χ2n) is 8.42. The van der Waals surface area contributed by atoms with Crippen molar-refractivity contribution >= 4 is 38.9 Å². The lowest BCUT2D eigenvalue weighted by molar-refractivity contribution is -0.118. The zero-order chi connectivity index (χ0) is 24.9. The SMILES string of the molecule is Cc1cccc(C(C)C)c1NC(=O)COc1ccc(N(Cc2ccc(Cl)cc2)S(C)(=O)=O)cc1. The summed E-state index contributed by atoms with van der Waals surface area (Å²) in [6.45, 7) is 6.13. The lowest BCUT2D eigenvalue weighted by Gasteiger charge is -2.23. The van der Waals surface area contributed by atoms with E-state index in [4.69, 9.17) is 16.3 Å². The van der Waals surface area contributed by atoms with Gasteiger partial charge in [0.1, 0.15) is 5.75 Å². The minimum absolute atomic E-state index is 0.161. The van der Waals surface area contributed by atoms with Gasteiger partial charge in [0.15, 0.2) is 6.61 Å². The molecule has 8 heteroatoms. The summed E-state index contributed by atoms with van der Waals surface area (Å²) in [6.07, 6.45) is 1.16. The van der Waals surface area contributed by atoms with Gasteiger partial charge in [-0.2, -0.15) is 0 Å². The summed E-state index contributed by atoms with van der Waals surface area (Å²) in [4.78, 5) is 12.5. The summed E-state index contributed by atoms with van der Waals surface area (Å²) in [5, 5.41) is 3.54. The molecule has 34 heavy (non-hydrogen) atoms. The second kappa shape index (κ2) is 10.9. The van der Waals surface area contributed by atoms with Gasteiger partial charge >= 0.3 is 0 Å². The van der Waals surface area contributed by atoms with E-state index in [0.717, 1.165) is 28.6 Å². The molecule has 3 aromatic rings. The minimum atomic E-state index is -3.52. The molecule has 0 unspecified atom stereocenters. The fraction of sp³-hybridized carbons (Fsp3) is 0.269.